The summed E-state index contributed by atoms with van der Waals surface area (Å²) in [7, 11) is 1.20. The Balaban J connectivity index is 1.85. The number of ether oxygens (including phenoxy) is 1. The zero-order valence-corrected chi connectivity index (χ0v) is 28.9. The van der Waals surface area contributed by atoms with Crippen molar-refractivity contribution >= 4 is 41.4 Å². The Bertz CT molecular complexity index is 1370. The highest BCUT2D eigenvalue weighted by atomic mass is 16.5. The van der Waals surface area contributed by atoms with E-state index in [-0.39, 0.29) is 36.8 Å². The summed E-state index contributed by atoms with van der Waals surface area (Å²) in [6.07, 6.45) is 1.94. The Hall–Kier alpha value is -4.49. The van der Waals surface area contributed by atoms with E-state index < -0.39 is 65.2 Å². The number of methoxy groups -OCH3 is 1. The molecule has 2 aliphatic rings. The van der Waals surface area contributed by atoms with E-state index in [0.29, 0.717) is 25.7 Å². The third-order valence-electron chi connectivity index (χ3n) is 9.01. The lowest BCUT2D eigenvalue weighted by Crippen LogP contribution is -2.69. The number of hydrogen-bond acceptors (Lipinski definition) is 8. The van der Waals surface area contributed by atoms with Crippen LogP contribution in [0.2, 0.25) is 0 Å². The summed E-state index contributed by atoms with van der Waals surface area (Å²) in [4.78, 5) is 92.7. The molecule has 48 heavy (non-hydrogen) atoms. The monoisotopic (exact) mass is 670 g/mol. The molecule has 2 heterocycles. The predicted octanol–water partition coefficient (Wildman–Crippen LogP) is 0.333. The van der Waals surface area contributed by atoms with Crippen molar-refractivity contribution in [2.75, 3.05) is 13.7 Å². The average molecular weight is 671 g/mol. The van der Waals surface area contributed by atoms with Gasteiger partial charge >= 0.3 is 5.97 Å². The largest absolute Gasteiger partial charge is 0.468 e. The topological polar surface area (TPSA) is 192 Å². The molecule has 0 spiro atoms. The van der Waals surface area contributed by atoms with E-state index in [1.165, 1.54) is 21.0 Å². The number of fused-ring (bicyclic) bond motifs is 1. The fourth-order valence-corrected chi connectivity index (χ4v) is 6.36. The molecule has 3 rings (SSSR count). The molecule has 0 aliphatic carbocycles. The molecule has 2 aliphatic heterocycles. The molecular formula is C34H50N6O8. The number of nitrogens with zero attached hydrogens (tertiary/aromatic N) is 1. The highest BCUT2D eigenvalue weighted by molar-refractivity contribution is 5.99. The van der Waals surface area contributed by atoms with Gasteiger partial charge in [0.15, 0.2) is 0 Å². The van der Waals surface area contributed by atoms with Crippen LogP contribution in [0.25, 0.3) is 0 Å². The predicted molar refractivity (Wildman–Crippen MR) is 176 cm³/mol. The van der Waals surface area contributed by atoms with Crippen molar-refractivity contribution in [3.05, 3.63) is 35.9 Å². The number of nitrogens with one attached hydrogen (secondary N) is 5. The third-order valence-corrected chi connectivity index (χ3v) is 9.01. The third kappa shape index (κ3) is 9.32. The maximum atomic E-state index is 14.6. The van der Waals surface area contributed by atoms with Crippen LogP contribution >= 0.6 is 0 Å². The Morgan fingerprint density at radius 1 is 0.854 bits per heavy atom. The normalized spacial score (nSPS) is 22.2. The average Bonchev–Trinajstić information content (AvgIpc) is 3.47. The second-order valence-corrected chi connectivity index (χ2v) is 13.4. The molecule has 0 aromatic heterocycles. The first-order valence-electron chi connectivity index (χ1n) is 16.5. The van der Waals surface area contributed by atoms with E-state index >= 15 is 0 Å². The summed E-state index contributed by atoms with van der Waals surface area (Å²) >= 11 is 0. The molecular weight excluding hydrogens is 620 g/mol. The molecule has 2 saturated heterocycles. The van der Waals surface area contributed by atoms with E-state index in [1.54, 1.807) is 32.6 Å². The van der Waals surface area contributed by atoms with Crippen LogP contribution in [0.4, 0.5) is 0 Å². The minimum Gasteiger partial charge on any atom is -0.468 e. The highest BCUT2D eigenvalue weighted by Crippen LogP contribution is 2.38. The van der Waals surface area contributed by atoms with Crippen molar-refractivity contribution < 1.29 is 38.3 Å². The number of carbonyl (C=O) groups is 7. The standard InChI is InChI=1S/C34H50N6O8/c1-19(2)27(31(45)35-18-26(42)48-7)38-30(44)25-14-13-24-15-16-34(33(47)40(24)25,17-23-11-9-8-10-12-23)39-29(43)21(5)36-32(46)28(20(3)4)37-22(6)41/h8-12,19-21,24-25,27-28H,13-18H2,1-7H3,(H,35,45)(H,36,46)(H,37,41)(H,38,44)(H,39,43)/t21-,24+,25-,27-,28-,34+/m0/s1. The molecule has 5 N–H and O–H groups in total. The first-order chi connectivity index (χ1) is 22.6. The molecule has 0 saturated carbocycles. The van der Waals surface area contributed by atoms with Gasteiger partial charge in [-0.1, -0.05) is 58.0 Å². The molecule has 0 unspecified atom stereocenters. The second-order valence-electron chi connectivity index (χ2n) is 13.4. The van der Waals surface area contributed by atoms with Gasteiger partial charge in [-0.05, 0) is 50.0 Å². The van der Waals surface area contributed by atoms with Crippen molar-refractivity contribution in [1.82, 2.24) is 31.5 Å². The molecule has 6 atom stereocenters. The van der Waals surface area contributed by atoms with Crippen molar-refractivity contribution in [3.63, 3.8) is 0 Å². The second kappa shape index (κ2) is 16.6. The fourth-order valence-electron chi connectivity index (χ4n) is 6.36. The van der Waals surface area contributed by atoms with Gasteiger partial charge in [0.2, 0.25) is 35.4 Å². The first kappa shape index (κ1) is 38.0. The van der Waals surface area contributed by atoms with Crippen LogP contribution in [-0.2, 0) is 44.7 Å². The van der Waals surface area contributed by atoms with Gasteiger partial charge in [0, 0.05) is 19.4 Å². The van der Waals surface area contributed by atoms with Crippen molar-refractivity contribution in [2.45, 2.75) is 109 Å². The SMILES string of the molecule is COC(=O)CNC(=O)[C@@H](NC(=O)[C@@H]1CC[C@@H]2CC[C@](Cc3ccccc3)(NC(=O)[C@H](C)NC(=O)[C@@H](NC(C)=O)C(C)C)C(=O)N21)C(C)C. The van der Waals surface area contributed by atoms with Crippen LogP contribution < -0.4 is 26.6 Å². The van der Waals surface area contributed by atoms with Crippen LogP contribution in [0.1, 0.15) is 72.8 Å². The lowest BCUT2D eigenvalue weighted by molar-refractivity contribution is -0.152. The summed E-state index contributed by atoms with van der Waals surface area (Å²) in [5, 5.41) is 13.5. The molecule has 264 valence electrons. The van der Waals surface area contributed by atoms with Gasteiger partial charge in [-0.25, -0.2) is 0 Å². The number of amides is 6. The minimum atomic E-state index is -1.42. The maximum Gasteiger partial charge on any atom is 0.325 e. The Kier molecular flexibility index (Phi) is 13.1. The van der Waals surface area contributed by atoms with E-state index in [2.05, 4.69) is 31.3 Å². The van der Waals surface area contributed by atoms with Gasteiger partial charge in [0.05, 0.1) is 7.11 Å². The molecule has 14 heteroatoms. The molecule has 6 amide bonds. The molecule has 0 bridgehead atoms. The molecule has 14 nitrogen and oxygen atoms in total. The van der Waals surface area contributed by atoms with Crippen LogP contribution in [-0.4, -0.2) is 95.7 Å². The summed E-state index contributed by atoms with van der Waals surface area (Å²) in [5.74, 6) is -4.15. The Labute approximate surface area is 281 Å². The van der Waals surface area contributed by atoms with Gasteiger partial charge in [-0.15, -0.1) is 0 Å². The summed E-state index contributed by atoms with van der Waals surface area (Å²) in [6.45, 7) is 9.53. The Morgan fingerprint density at radius 2 is 1.48 bits per heavy atom. The number of hydrogen-bond donors (Lipinski definition) is 5. The summed E-state index contributed by atoms with van der Waals surface area (Å²) in [5.41, 5.74) is -0.615. The Morgan fingerprint density at radius 3 is 2.06 bits per heavy atom. The highest BCUT2D eigenvalue weighted by Gasteiger charge is 2.54. The zero-order valence-electron chi connectivity index (χ0n) is 28.9. The first-order valence-corrected chi connectivity index (χ1v) is 16.5. The molecule has 1 aromatic carbocycles. The quantitative estimate of drug-likeness (QED) is 0.175. The summed E-state index contributed by atoms with van der Waals surface area (Å²) < 4.78 is 4.58. The number of carbonyl (C=O) groups excluding carboxylic acids is 7. The van der Waals surface area contributed by atoms with Gasteiger partial charge in [-0.2, -0.15) is 0 Å². The van der Waals surface area contributed by atoms with E-state index in [0.717, 1.165) is 5.56 Å². The lowest BCUT2D eigenvalue weighted by Gasteiger charge is -2.46. The van der Waals surface area contributed by atoms with Crippen LogP contribution in [0.3, 0.4) is 0 Å². The van der Waals surface area contributed by atoms with E-state index in [9.17, 15) is 33.6 Å². The van der Waals surface area contributed by atoms with Crippen molar-refractivity contribution in [2.24, 2.45) is 11.8 Å². The molecule has 0 radical (unpaired) electrons. The zero-order chi connectivity index (χ0) is 35.8. The molecule has 1 aromatic rings. The smallest absolute Gasteiger partial charge is 0.325 e. The van der Waals surface area contributed by atoms with E-state index in [1.807, 2.05) is 30.3 Å². The van der Waals surface area contributed by atoms with Crippen LogP contribution in [0.5, 0.6) is 0 Å². The van der Waals surface area contributed by atoms with Gasteiger partial charge in [0.1, 0.15) is 36.3 Å². The lowest BCUT2D eigenvalue weighted by atomic mass is 9.79. The summed E-state index contributed by atoms with van der Waals surface area (Å²) in [6, 6.07) is 5.24. The maximum absolute atomic E-state index is 14.6. The number of esters is 1. The fraction of sp³-hybridized carbons (Fsp3) is 0.618. The van der Waals surface area contributed by atoms with Crippen LogP contribution in [0, 0.1) is 11.8 Å². The van der Waals surface area contributed by atoms with Crippen molar-refractivity contribution in [3.8, 4) is 0 Å². The number of rotatable bonds is 14. The van der Waals surface area contributed by atoms with Gasteiger partial charge < -0.3 is 36.2 Å². The number of piperidine rings is 1. The minimum absolute atomic E-state index is 0.154. The number of benzene rings is 1. The van der Waals surface area contributed by atoms with Gasteiger partial charge in [-0.3, -0.25) is 33.6 Å². The van der Waals surface area contributed by atoms with Gasteiger partial charge in [0.25, 0.3) is 0 Å². The van der Waals surface area contributed by atoms with Crippen LogP contribution in [0.15, 0.2) is 30.3 Å². The van der Waals surface area contributed by atoms with E-state index in [4.69, 9.17) is 0 Å². The van der Waals surface area contributed by atoms with Crippen molar-refractivity contribution in [1.29, 1.82) is 0 Å². The molecule has 2 fully saturated rings.